The highest BCUT2D eigenvalue weighted by atomic mass is 16.7. The minimum Gasteiger partial charge on any atom is -0.508 e. The Morgan fingerprint density at radius 1 is 1.12 bits per heavy atom. The van der Waals surface area contributed by atoms with Crippen molar-refractivity contribution in [2.24, 2.45) is 17.3 Å². The van der Waals surface area contributed by atoms with Crippen LogP contribution < -0.4 is 0 Å². The van der Waals surface area contributed by atoms with Gasteiger partial charge in [-0.15, -0.1) is 0 Å². The molecule has 3 aliphatic heterocycles. The Kier molecular flexibility index (Phi) is 9.33. The van der Waals surface area contributed by atoms with Gasteiger partial charge in [0, 0.05) is 18.4 Å². The number of methoxy groups -OCH3 is 1. The number of aliphatic hydroxyl groups is 2. The van der Waals surface area contributed by atoms with Crippen LogP contribution >= 0.6 is 0 Å². The largest absolute Gasteiger partial charge is 0.508 e. The van der Waals surface area contributed by atoms with Crippen molar-refractivity contribution in [1.29, 1.82) is 0 Å². The van der Waals surface area contributed by atoms with Crippen molar-refractivity contribution >= 4 is 11.9 Å². The number of hydrogen-bond donors (Lipinski definition) is 3. The molecule has 1 spiro atoms. The molecule has 2 fully saturated rings. The summed E-state index contributed by atoms with van der Waals surface area (Å²) in [6.07, 6.45) is -0.974. The molecule has 10 nitrogen and oxygen atoms in total. The maximum absolute atomic E-state index is 13.1. The second-order valence-corrected chi connectivity index (χ2v) is 13.2. The van der Waals surface area contributed by atoms with Gasteiger partial charge >= 0.3 is 11.9 Å². The van der Waals surface area contributed by atoms with E-state index in [-0.39, 0.29) is 48.7 Å². The van der Waals surface area contributed by atoms with Crippen LogP contribution in [0.25, 0.3) is 0 Å². The van der Waals surface area contributed by atoms with Gasteiger partial charge in [-0.2, -0.15) is 0 Å². The first-order valence-electron chi connectivity index (χ1n) is 14.8. The molecule has 3 aliphatic rings. The van der Waals surface area contributed by atoms with Crippen LogP contribution in [-0.2, 0) is 33.3 Å². The molecule has 0 radical (unpaired) electrons. The Hall–Kier alpha value is -2.66. The van der Waals surface area contributed by atoms with Gasteiger partial charge in [0.2, 0.25) is 5.79 Å². The van der Waals surface area contributed by atoms with Crippen molar-refractivity contribution in [3.63, 3.8) is 0 Å². The number of benzene rings is 1. The van der Waals surface area contributed by atoms with Crippen molar-refractivity contribution in [1.82, 2.24) is 0 Å². The molecule has 0 aliphatic carbocycles. The number of carbonyl (C=O) groups is 2. The first-order chi connectivity index (χ1) is 19.6. The molecule has 9 atom stereocenters. The summed E-state index contributed by atoms with van der Waals surface area (Å²) in [5, 5.41) is 31.5. The number of aliphatic hydroxyl groups excluding tert-OH is 1. The summed E-state index contributed by atoms with van der Waals surface area (Å²) in [6.45, 7) is 10.9. The van der Waals surface area contributed by atoms with E-state index in [1.54, 1.807) is 32.2 Å². The molecule has 0 amide bonds. The van der Waals surface area contributed by atoms with Crippen LogP contribution in [0.3, 0.4) is 0 Å². The van der Waals surface area contributed by atoms with Crippen LogP contribution in [0.5, 0.6) is 5.75 Å². The topological polar surface area (TPSA) is 141 Å². The van der Waals surface area contributed by atoms with Gasteiger partial charge in [-0.3, -0.25) is 4.79 Å². The average molecular weight is 591 g/mol. The normalized spacial score (nSPS) is 36.5. The maximum atomic E-state index is 13.1. The number of cyclic esters (lactones) is 1. The van der Waals surface area contributed by atoms with Crippen LogP contribution in [0.2, 0.25) is 0 Å². The number of ether oxygens (including phenoxy) is 5. The highest BCUT2D eigenvalue weighted by molar-refractivity contribution is 5.83. The molecular weight excluding hydrogens is 544 g/mol. The van der Waals surface area contributed by atoms with E-state index in [1.807, 2.05) is 26.8 Å². The molecule has 3 bridgehead atoms. The van der Waals surface area contributed by atoms with E-state index in [4.69, 9.17) is 23.7 Å². The van der Waals surface area contributed by atoms with Crippen molar-refractivity contribution in [3.8, 4) is 5.75 Å². The van der Waals surface area contributed by atoms with Crippen molar-refractivity contribution in [3.05, 3.63) is 41.7 Å². The lowest BCUT2D eigenvalue weighted by Gasteiger charge is -2.59. The third kappa shape index (κ3) is 6.61. The van der Waals surface area contributed by atoms with Gasteiger partial charge in [0.1, 0.15) is 29.3 Å². The van der Waals surface area contributed by atoms with Gasteiger partial charge in [-0.05, 0) is 56.7 Å². The zero-order valence-corrected chi connectivity index (χ0v) is 25.7. The Morgan fingerprint density at radius 3 is 2.48 bits per heavy atom. The molecule has 234 valence electrons. The van der Waals surface area contributed by atoms with Crippen LogP contribution in [0.1, 0.15) is 85.3 Å². The number of hydrogen-bond acceptors (Lipinski definition) is 10. The standard InChI is InChI=1S/C32H46O10/c1-18(11-12-23(38-7)21-9-8-10-22(34)13-21)29-19(2)25-16-32(42-29)30(4,5)17-31(6,37)26(41-32)15-28(36)39-24(20(3)33)14-27(35)40-25/h8-10,13,15,18-20,23-25,29,33-34,37H,11-12,14,16-17H2,1-7H3/b26-15+/t18-,19-,20+,23-,24+,25-,29+,31-,32+/m0/s1. The van der Waals surface area contributed by atoms with Crippen LogP contribution in [0.4, 0.5) is 0 Å². The fraction of sp³-hybridized carbons (Fsp3) is 0.688. The van der Waals surface area contributed by atoms with Crippen LogP contribution in [0, 0.1) is 17.3 Å². The molecule has 42 heavy (non-hydrogen) atoms. The Bertz CT molecular complexity index is 1170. The fourth-order valence-electron chi connectivity index (χ4n) is 6.72. The SMILES string of the molecule is CO[C@@H](CC[C@H](C)[C@H]1O[C@@]23C[C@H](OC(=O)C[C@H]([C@@H](C)O)OC(=O)/C=C(/O2)[C@@](C)(O)CC3(C)C)[C@@H]1C)c1cccc(O)c1. The molecule has 1 aromatic rings. The molecular formula is C32H46O10. The number of phenolic OH excluding ortho intramolecular Hbond substituents is 1. The van der Waals surface area contributed by atoms with Crippen molar-refractivity contribution < 1.29 is 48.6 Å². The monoisotopic (exact) mass is 590 g/mol. The van der Waals surface area contributed by atoms with E-state index in [2.05, 4.69) is 6.92 Å². The van der Waals surface area contributed by atoms with E-state index in [9.17, 15) is 24.9 Å². The Labute approximate surface area is 247 Å². The number of rotatable bonds is 7. The molecule has 10 heteroatoms. The van der Waals surface area contributed by atoms with E-state index in [1.165, 1.54) is 6.92 Å². The van der Waals surface area contributed by atoms with Gasteiger partial charge in [-0.25, -0.2) is 4.79 Å². The fourth-order valence-corrected chi connectivity index (χ4v) is 6.72. The second kappa shape index (κ2) is 12.1. The molecule has 0 saturated carbocycles. The van der Waals surface area contributed by atoms with Gasteiger partial charge in [-0.1, -0.05) is 39.8 Å². The number of carbonyl (C=O) groups excluding carboxylic acids is 2. The average Bonchev–Trinajstić information content (AvgIpc) is 2.88. The summed E-state index contributed by atoms with van der Waals surface area (Å²) in [4.78, 5) is 26.0. The van der Waals surface area contributed by atoms with E-state index in [0.717, 1.165) is 11.6 Å². The highest BCUT2D eigenvalue weighted by Gasteiger charge is 2.63. The lowest BCUT2D eigenvalue weighted by molar-refractivity contribution is -0.371. The molecule has 3 heterocycles. The lowest BCUT2D eigenvalue weighted by Crippen LogP contribution is -2.65. The van der Waals surface area contributed by atoms with Crippen LogP contribution in [-0.4, -0.2) is 70.2 Å². The molecule has 2 saturated heterocycles. The van der Waals surface area contributed by atoms with Gasteiger partial charge in [0.05, 0.1) is 37.2 Å². The summed E-state index contributed by atoms with van der Waals surface area (Å²) in [5.74, 6) is -2.83. The second-order valence-electron chi connectivity index (χ2n) is 13.2. The van der Waals surface area contributed by atoms with E-state index < -0.39 is 53.2 Å². The van der Waals surface area contributed by atoms with Crippen molar-refractivity contribution in [2.75, 3.05) is 7.11 Å². The first kappa shape index (κ1) is 32.3. The summed E-state index contributed by atoms with van der Waals surface area (Å²) in [6, 6.07) is 7.00. The third-order valence-electron chi connectivity index (χ3n) is 9.20. The van der Waals surface area contributed by atoms with Gasteiger partial charge < -0.3 is 39.0 Å². The van der Waals surface area contributed by atoms with E-state index in [0.29, 0.717) is 12.8 Å². The van der Waals surface area contributed by atoms with Crippen LogP contribution in [0.15, 0.2) is 36.1 Å². The predicted molar refractivity (Wildman–Crippen MR) is 152 cm³/mol. The summed E-state index contributed by atoms with van der Waals surface area (Å²) in [5.41, 5.74) is -1.37. The summed E-state index contributed by atoms with van der Waals surface area (Å²) in [7, 11) is 1.64. The number of phenols is 1. The highest BCUT2D eigenvalue weighted by Crippen LogP contribution is 2.56. The molecule has 0 unspecified atom stereocenters. The molecule has 4 rings (SSSR count). The third-order valence-corrected chi connectivity index (χ3v) is 9.20. The smallest absolute Gasteiger partial charge is 0.334 e. The molecule has 1 aromatic carbocycles. The van der Waals surface area contributed by atoms with Gasteiger partial charge in [0.15, 0.2) is 0 Å². The minimum atomic E-state index is -1.50. The molecule has 3 N–H and O–H groups in total. The quantitative estimate of drug-likeness (QED) is 0.394. The number of esters is 2. The molecule has 0 aromatic heterocycles. The maximum Gasteiger partial charge on any atom is 0.334 e. The van der Waals surface area contributed by atoms with E-state index >= 15 is 0 Å². The first-order valence-corrected chi connectivity index (χ1v) is 14.8. The number of fused-ring (bicyclic) bond motifs is 2. The minimum absolute atomic E-state index is 0.00565. The van der Waals surface area contributed by atoms with Crippen molar-refractivity contribution in [2.45, 2.75) is 116 Å². The predicted octanol–water partition coefficient (Wildman–Crippen LogP) is 4.31. The zero-order chi connectivity index (χ0) is 31.0. The van der Waals surface area contributed by atoms with Gasteiger partial charge in [0.25, 0.3) is 0 Å². The lowest BCUT2D eigenvalue weighted by atomic mass is 9.66. The Balaban J connectivity index is 1.68. The summed E-state index contributed by atoms with van der Waals surface area (Å²) >= 11 is 0. The number of aromatic hydroxyl groups is 1. The summed E-state index contributed by atoms with van der Waals surface area (Å²) < 4.78 is 30.5. The zero-order valence-electron chi connectivity index (χ0n) is 25.7. The Morgan fingerprint density at radius 2 is 1.83 bits per heavy atom.